The summed E-state index contributed by atoms with van der Waals surface area (Å²) in [4.78, 5) is 32.1. The predicted octanol–water partition coefficient (Wildman–Crippen LogP) is 4.79. The van der Waals surface area contributed by atoms with Crippen molar-refractivity contribution in [2.45, 2.75) is 39.4 Å². The third-order valence-electron chi connectivity index (χ3n) is 5.53. The molecule has 1 aliphatic heterocycles. The van der Waals surface area contributed by atoms with E-state index in [1.165, 1.54) is 21.8 Å². The van der Waals surface area contributed by atoms with Crippen molar-refractivity contribution < 1.29 is 9.59 Å². The van der Waals surface area contributed by atoms with Crippen molar-refractivity contribution >= 4 is 39.9 Å². The van der Waals surface area contributed by atoms with Crippen molar-refractivity contribution in [3.8, 4) is 0 Å². The van der Waals surface area contributed by atoms with Gasteiger partial charge in [0.15, 0.2) is 5.13 Å². The third-order valence-corrected chi connectivity index (χ3v) is 6.75. The van der Waals surface area contributed by atoms with Crippen LogP contribution in [0.15, 0.2) is 48.5 Å². The Morgan fingerprint density at radius 1 is 1.16 bits per heavy atom. The van der Waals surface area contributed by atoms with Gasteiger partial charge in [0.1, 0.15) is 0 Å². The minimum absolute atomic E-state index is 0.136. The molecule has 4 rings (SSSR count). The topological polar surface area (TPSA) is 88.3 Å². The van der Waals surface area contributed by atoms with E-state index in [2.05, 4.69) is 36.2 Å². The van der Waals surface area contributed by atoms with Crippen LogP contribution >= 0.6 is 22.9 Å². The van der Waals surface area contributed by atoms with Crippen molar-refractivity contribution in [1.29, 1.82) is 0 Å². The van der Waals surface area contributed by atoms with Gasteiger partial charge in [-0.3, -0.25) is 14.5 Å². The molecule has 1 aliphatic rings. The number of nitrogens with one attached hydrogen (secondary N) is 1. The summed E-state index contributed by atoms with van der Waals surface area (Å²) in [6.45, 7) is 6.03. The first-order valence-corrected chi connectivity index (χ1v) is 11.7. The Morgan fingerprint density at radius 3 is 2.44 bits per heavy atom. The SMILES string of the molecule is CC(C)C1c2nc(NC(=O)Cc3ccc(C(N)=O)cc3)sc2CN1Cc1ccc(Cl)cc1. The average molecular weight is 469 g/mol. The van der Waals surface area contributed by atoms with Crippen LogP contribution in [0.25, 0.3) is 0 Å². The summed E-state index contributed by atoms with van der Waals surface area (Å²) in [6.07, 6.45) is 0.208. The zero-order valence-corrected chi connectivity index (χ0v) is 19.5. The first-order valence-electron chi connectivity index (χ1n) is 10.5. The Bertz CT molecular complexity index is 1130. The average Bonchev–Trinajstić information content (AvgIpc) is 3.26. The van der Waals surface area contributed by atoms with Gasteiger partial charge >= 0.3 is 0 Å². The van der Waals surface area contributed by atoms with Crippen molar-refractivity contribution in [3.63, 3.8) is 0 Å². The summed E-state index contributed by atoms with van der Waals surface area (Å²) in [6, 6.07) is 14.9. The molecule has 0 saturated carbocycles. The van der Waals surface area contributed by atoms with Gasteiger partial charge in [-0.1, -0.05) is 49.7 Å². The zero-order valence-electron chi connectivity index (χ0n) is 18.0. The monoisotopic (exact) mass is 468 g/mol. The molecule has 1 atom stereocenters. The van der Waals surface area contributed by atoms with Gasteiger partial charge in [0.05, 0.1) is 18.2 Å². The molecule has 8 heteroatoms. The summed E-state index contributed by atoms with van der Waals surface area (Å²) in [5.74, 6) is -0.232. The van der Waals surface area contributed by atoms with Crippen LogP contribution in [0.3, 0.4) is 0 Å². The highest BCUT2D eigenvalue weighted by Crippen LogP contribution is 2.43. The molecule has 32 heavy (non-hydrogen) atoms. The molecule has 0 spiro atoms. The van der Waals surface area contributed by atoms with Gasteiger partial charge in [-0.15, -0.1) is 11.3 Å². The molecule has 2 aromatic carbocycles. The number of nitrogens with two attached hydrogens (primary N) is 1. The van der Waals surface area contributed by atoms with Crippen LogP contribution in [0, 0.1) is 5.92 Å². The lowest BCUT2D eigenvalue weighted by Crippen LogP contribution is -2.26. The van der Waals surface area contributed by atoms with E-state index < -0.39 is 5.91 Å². The van der Waals surface area contributed by atoms with Gasteiger partial charge in [0.25, 0.3) is 0 Å². The first-order chi connectivity index (χ1) is 15.3. The molecule has 0 saturated heterocycles. The number of nitrogens with zero attached hydrogens (tertiary/aromatic N) is 2. The van der Waals surface area contributed by atoms with Crippen LogP contribution in [0.5, 0.6) is 0 Å². The number of hydrogen-bond acceptors (Lipinski definition) is 5. The standard InChI is InChI=1S/C24H25ClN4O2S/c1-14(2)22-21-19(13-29(22)12-16-5-9-18(25)10-6-16)32-24(28-21)27-20(30)11-15-3-7-17(8-4-15)23(26)31/h3-10,14,22H,11-13H2,1-2H3,(H2,26,31)(H,27,28,30). The van der Waals surface area contributed by atoms with Crippen molar-refractivity contribution in [3.05, 3.63) is 80.8 Å². The van der Waals surface area contributed by atoms with Gasteiger partial charge in [0, 0.05) is 28.6 Å². The molecule has 1 unspecified atom stereocenters. The lowest BCUT2D eigenvalue weighted by atomic mass is 10.0. The van der Waals surface area contributed by atoms with Gasteiger partial charge < -0.3 is 11.1 Å². The number of anilines is 1. The second-order valence-corrected chi connectivity index (χ2v) is 9.85. The Kier molecular flexibility index (Phi) is 6.60. The van der Waals surface area contributed by atoms with Crippen molar-refractivity contribution in [2.75, 3.05) is 5.32 Å². The van der Waals surface area contributed by atoms with E-state index in [9.17, 15) is 9.59 Å². The molecule has 0 fully saturated rings. The summed E-state index contributed by atoms with van der Waals surface area (Å²) in [5.41, 5.74) is 8.76. The van der Waals surface area contributed by atoms with Crippen LogP contribution in [0.1, 0.15) is 51.9 Å². The summed E-state index contributed by atoms with van der Waals surface area (Å²) in [7, 11) is 0. The number of rotatable bonds is 7. The fraction of sp³-hybridized carbons (Fsp3) is 0.292. The van der Waals surface area contributed by atoms with E-state index in [-0.39, 0.29) is 18.4 Å². The molecule has 6 nitrogen and oxygen atoms in total. The van der Waals surface area contributed by atoms with Crippen LogP contribution in [0.4, 0.5) is 5.13 Å². The highest BCUT2D eigenvalue weighted by Gasteiger charge is 2.36. The maximum absolute atomic E-state index is 12.5. The largest absolute Gasteiger partial charge is 0.366 e. The quantitative estimate of drug-likeness (QED) is 0.521. The number of halogens is 1. The molecule has 0 radical (unpaired) electrons. The Balaban J connectivity index is 1.42. The number of benzene rings is 2. The summed E-state index contributed by atoms with van der Waals surface area (Å²) >= 11 is 7.56. The normalized spacial score (nSPS) is 15.7. The molecular weight excluding hydrogens is 444 g/mol. The van der Waals surface area contributed by atoms with E-state index >= 15 is 0 Å². The number of carbonyl (C=O) groups excluding carboxylic acids is 2. The second-order valence-electron chi connectivity index (χ2n) is 8.33. The minimum Gasteiger partial charge on any atom is -0.366 e. The number of fused-ring (bicyclic) bond motifs is 1. The number of hydrogen-bond donors (Lipinski definition) is 2. The number of carbonyl (C=O) groups is 2. The smallest absolute Gasteiger partial charge is 0.248 e. The fourth-order valence-corrected chi connectivity index (χ4v) is 5.24. The van der Waals surface area contributed by atoms with E-state index in [4.69, 9.17) is 22.3 Å². The molecular formula is C24H25ClN4O2S. The summed E-state index contributed by atoms with van der Waals surface area (Å²) < 4.78 is 0. The third kappa shape index (κ3) is 5.01. The van der Waals surface area contributed by atoms with Gasteiger partial charge in [-0.2, -0.15) is 0 Å². The Hall–Kier alpha value is -2.74. The molecule has 3 N–H and O–H groups in total. The molecule has 3 aromatic rings. The van der Waals surface area contributed by atoms with E-state index in [0.717, 1.165) is 29.4 Å². The van der Waals surface area contributed by atoms with E-state index in [1.807, 2.05) is 12.1 Å². The second kappa shape index (κ2) is 9.40. The van der Waals surface area contributed by atoms with Crippen molar-refractivity contribution in [1.82, 2.24) is 9.88 Å². The minimum atomic E-state index is -0.483. The molecule has 166 valence electrons. The number of thiazole rings is 1. The maximum Gasteiger partial charge on any atom is 0.248 e. The lowest BCUT2D eigenvalue weighted by Gasteiger charge is -2.27. The van der Waals surface area contributed by atoms with Gasteiger partial charge in [-0.25, -0.2) is 4.98 Å². The van der Waals surface area contributed by atoms with Crippen LogP contribution in [0.2, 0.25) is 5.02 Å². The maximum atomic E-state index is 12.5. The van der Waals surface area contributed by atoms with Crippen LogP contribution in [-0.4, -0.2) is 21.7 Å². The number of amides is 2. The Morgan fingerprint density at radius 2 is 1.81 bits per heavy atom. The highest BCUT2D eigenvalue weighted by atomic mass is 35.5. The van der Waals surface area contributed by atoms with E-state index in [1.54, 1.807) is 24.3 Å². The van der Waals surface area contributed by atoms with Gasteiger partial charge in [0.2, 0.25) is 11.8 Å². The van der Waals surface area contributed by atoms with Crippen molar-refractivity contribution in [2.24, 2.45) is 11.7 Å². The van der Waals surface area contributed by atoms with Crippen LogP contribution < -0.4 is 11.1 Å². The van der Waals surface area contributed by atoms with Crippen LogP contribution in [-0.2, 0) is 24.3 Å². The van der Waals surface area contributed by atoms with E-state index in [0.29, 0.717) is 16.6 Å². The molecule has 0 bridgehead atoms. The zero-order chi connectivity index (χ0) is 22.8. The number of aromatic nitrogens is 1. The number of primary amides is 1. The fourth-order valence-electron chi connectivity index (χ4n) is 4.07. The molecule has 0 aliphatic carbocycles. The lowest BCUT2D eigenvalue weighted by molar-refractivity contribution is -0.115. The first kappa shape index (κ1) is 22.5. The molecule has 2 amide bonds. The highest BCUT2D eigenvalue weighted by molar-refractivity contribution is 7.15. The summed E-state index contributed by atoms with van der Waals surface area (Å²) in [5, 5.41) is 4.30. The van der Waals surface area contributed by atoms with Gasteiger partial charge in [-0.05, 0) is 41.3 Å². The molecule has 2 heterocycles. The Labute approximate surface area is 196 Å². The predicted molar refractivity (Wildman–Crippen MR) is 128 cm³/mol. The molecule has 1 aromatic heterocycles.